The molecule has 3 nitrogen and oxygen atoms in total. The number of ether oxygens (including phenoxy) is 2. The SMILES string of the molecule is CCCCOC(CCC)COCCCCCCCCCCCCCCCCS(C)=O. The Hall–Kier alpha value is 0.0700. The summed E-state index contributed by atoms with van der Waals surface area (Å²) >= 11 is 0. The van der Waals surface area contributed by atoms with Crippen molar-refractivity contribution in [3.8, 4) is 0 Å². The molecule has 0 amide bonds. The number of rotatable bonds is 25. The normalized spacial score (nSPS) is 13.6. The molecule has 0 aromatic carbocycles. The van der Waals surface area contributed by atoms with Gasteiger partial charge in [-0.1, -0.05) is 104 Å². The smallest absolute Gasteiger partial charge is 0.0808 e. The van der Waals surface area contributed by atoms with Gasteiger partial charge in [0.05, 0.1) is 12.7 Å². The molecule has 4 heteroatoms. The summed E-state index contributed by atoms with van der Waals surface area (Å²) in [4.78, 5) is 0. The van der Waals surface area contributed by atoms with Gasteiger partial charge in [0.2, 0.25) is 0 Å². The first-order chi connectivity index (χ1) is 14.7. The Morgan fingerprint density at radius 1 is 0.633 bits per heavy atom. The molecule has 0 saturated heterocycles. The maximum atomic E-state index is 11.0. The minimum atomic E-state index is -0.599. The lowest BCUT2D eigenvalue weighted by Gasteiger charge is -2.17. The molecular formula is C26H54O3S. The van der Waals surface area contributed by atoms with Crippen molar-refractivity contribution in [1.29, 1.82) is 0 Å². The molecule has 0 saturated carbocycles. The Balaban J connectivity index is 3.22. The molecule has 0 spiro atoms. The van der Waals surface area contributed by atoms with E-state index in [1.165, 1.54) is 96.3 Å². The zero-order chi connectivity index (χ0) is 22.1. The molecule has 2 unspecified atom stereocenters. The Kier molecular flexibility index (Phi) is 25.4. The number of hydrogen-bond donors (Lipinski definition) is 0. The standard InChI is InChI=1S/C26H54O3S/c1-4-6-23-29-26(21-5-2)25-28-22-19-17-15-13-11-9-7-8-10-12-14-16-18-20-24-30(3)27/h26H,4-25H2,1-3H3. The van der Waals surface area contributed by atoms with E-state index in [0.29, 0.717) is 6.10 Å². The fourth-order valence-electron chi connectivity index (χ4n) is 3.78. The summed E-state index contributed by atoms with van der Waals surface area (Å²) in [6.45, 7) is 6.98. The lowest BCUT2D eigenvalue weighted by molar-refractivity contribution is -0.0223. The Morgan fingerprint density at radius 3 is 1.60 bits per heavy atom. The second-order valence-electron chi connectivity index (χ2n) is 8.94. The largest absolute Gasteiger partial charge is 0.379 e. The second-order valence-corrected chi connectivity index (χ2v) is 10.5. The van der Waals surface area contributed by atoms with Gasteiger partial charge in [-0.25, -0.2) is 0 Å². The first-order valence-corrected chi connectivity index (χ1v) is 14.9. The van der Waals surface area contributed by atoms with Crippen molar-refractivity contribution in [3.63, 3.8) is 0 Å². The van der Waals surface area contributed by atoms with Crippen LogP contribution in [0.4, 0.5) is 0 Å². The van der Waals surface area contributed by atoms with Crippen LogP contribution in [0.5, 0.6) is 0 Å². The minimum Gasteiger partial charge on any atom is -0.379 e. The first-order valence-electron chi connectivity index (χ1n) is 13.2. The molecule has 0 rings (SSSR count). The minimum absolute atomic E-state index is 0.300. The molecule has 182 valence electrons. The van der Waals surface area contributed by atoms with Gasteiger partial charge in [-0.3, -0.25) is 4.21 Å². The van der Waals surface area contributed by atoms with Crippen molar-refractivity contribution >= 4 is 10.8 Å². The van der Waals surface area contributed by atoms with Crippen LogP contribution in [0.25, 0.3) is 0 Å². The highest BCUT2D eigenvalue weighted by atomic mass is 32.2. The van der Waals surface area contributed by atoms with Crippen LogP contribution in [-0.2, 0) is 20.3 Å². The highest BCUT2D eigenvalue weighted by Gasteiger charge is 2.07. The van der Waals surface area contributed by atoms with Crippen LogP contribution in [0.1, 0.15) is 129 Å². The van der Waals surface area contributed by atoms with E-state index in [-0.39, 0.29) is 0 Å². The summed E-state index contributed by atoms with van der Waals surface area (Å²) in [6.07, 6.45) is 25.5. The topological polar surface area (TPSA) is 35.5 Å². The van der Waals surface area contributed by atoms with Gasteiger partial charge in [0.1, 0.15) is 0 Å². The third-order valence-electron chi connectivity index (χ3n) is 5.74. The van der Waals surface area contributed by atoms with Gasteiger partial charge in [-0.15, -0.1) is 0 Å². The summed E-state index contributed by atoms with van der Waals surface area (Å²) in [7, 11) is -0.599. The van der Waals surface area contributed by atoms with Gasteiger partial charge in [0.25, 0.3) is 0 Å². The van der Waals surface area contributed by atoms with E-state index in [0.717, 1.165) is 44.8 Å². The fraction of sp³-hybridized carbons (Fsp3) is 1.00. The van der Waals surface area contributed by atoms with Crippen LogP contribution in [-0.4, -0.2) is 42.1 Å². The Morgan fingerprint density at radius 2 is 1.13 bits per heavy atom. The lowest BCUT2D eigenvalue weighted by Crippen LogP contribution is -2.20. The van der Waals surface area contributed by atoms with Crippen LogP contribution < -0.4 is 0 Å². The van der Waals surface area contributed by atoms with Crippen molar-refractivity contribution in [3.05, 3.63) is 0 Å². The van der Waals surface area contributed by atoms with E-state index in [1.54, 1.807) is 0 Å². The molecule has 0 bridgehead atoms. The van der Waals surface area contributed by atoms with E-state index < -0.39 is 10.8 Å². The highest BCUT2D eigenvalue weighted by Crippen LogP contribution is 2.13. The summed E-state index contributed by atoms with van der Waals surface area (Å²) in [6, 6.07) is 0. The van der Waals surface area contributed by atoms with Gasteiger partial charge in [0.15, 0.2) is 0 Å². The first kappa shape index (κ1) is 30.1. The third-order valence-corrected chi connectivity index (χ3v) is 6.60. The van der Waals surface area contributed by atoms with E-state index in [9.17, 15) is 4.21 Å². The van der Waals surface area contributed by atoms with Gasteiger partial charge >= 0.3 is 0 Å². The van der Waals surface area contributed by atoms with Crippen LogP contribution in [0.3, 0.4) is 0 Å². The van der Waals surface area contributed by atoms with E-state index >= 15 is 0 Å². The average molecular weight is 447 g/mol. The number of unbranched alkanes of at least 4 members (excludes halogenated alkanes) is 14. The maximum Gasteiger partial charge on any atom is 0.0808 e. The molecule has 0 aliphatic heterocycles. The molecular weight excluding hydrogens is 392 g/mol. The van der Waals surface area contributed by atoms with Crippen LogP contribution in [0, 0.1) is 0 Å². The third kappa shape index (κ3) is 24.3. The van der Waals surface area contributed by atoms with Gasteiger partial charge < -0.3 is 9.47 Å². The summed E-state index contributed by atoms with van der Waals surface area (Å²) in [5.74, 6) is 0.889. The van der Waals surface area contributed by atoms with Gasteiger partial charge in [0, 0.05) is 36.0 Å². The fourth-order valence-corrected chi connectivity index (χ4v) is 4.39. The van der Waals surface area contributed by atoms with Crippen molar-refractivity contribution in [2.75, 3.05) is 31.8 Å². The van der Waals surface area contributed by atoms with E-state index in [1.807, 2.05) is 6.26 Å². The highest BCUT2D eigenvalue weighted by molar-refractivity contribution is 7.84. The maximum absolute atomic E-state index is 11.0. The van der Waals surface area contributed by atoms with Crippen molar-refractivity contribution in [2.24, 2.45) is 0 Å². The van der Waals surface area contributed by atoms with Crippen LogP contribution >= 0.6 is 0 Å². The van der Waals surface area contributed by atoms with E-state index in [4.69, 9.17) is 9.47 Å². The average Bonchev–Trinajstić information content (AvgIpc) is 2.72. The summed E-state index contributed by atoms with van der Waals surface area (Å²) in [5.41, 5.74) is 0. The molecule has 0 aliphatic carbocycles. The predicted octanol–water partition coefficient (Wildman–Crippen LogP) is 7.83. The molecule has 30 heavy (non-hydrogen) atoms. The Bertz CT molecular complexity index is 349. The zero-order valence-electron chi connectivity index (χ0n) is 20.8. The van der Waals surface area contributed by atoms with Crippen molar-refractivity contribution in [2.45, 2.75) is 136 Å². The molecule has 0 aromatic heterocycles. The predicted molar refractivity (Wildman–Crippen MR) is 134 cm³/mol. The summed E-state index contributed by atoms with van der Waals surface area (Å²) < 4.78 is 22.8. The van der Waals surface area contributed by atoms with Gasteiger partial charge in [-0.2, -0.15) is 0 Å². The molecule has 0 aromatic rings. The molecule has 0 radical (unpaired) electrons. The second kappa shape index (κ2) is 25.3. The quantitative estimate of drug-likeness (QED) is 0.134. The monoisotopic (exact) mass is 446 g/mol. The van der Waals surface area contributed by atoms with Crippen LogP contribution in [0.15, 0.2) is 0 Å². The summed E-state index contributed by atoms with van der Waals surface area (Å²) in [5, 5.41) is 0. The lowest BCUT2D eigenvalue weighted by atomic mass is 10.0. The Labute approximate surface area is 191 Å². The van der Waals surface area contributed by atoms with Crippen molar-refractivity contribution < 1.29 is 13.7 Å². The zero-order valence-corrected chi connectivity index (χ0v) is 21.6. The molecule has 0 fully saturated rings. The van der Waals surface area contributed by atoms with E-state index in [2.05, 4.69) is 13.8 Å². The molecule has 0 heterocycles. The number of hydrogen-bond acceptors (Lipinski definition) is 3. The van der Waals surface area contributed by atoms with Crippen LogP contribution in [0.2, 0.25) is 0 Å². The molecule has 0 aliphatic rings. The molecule has 0 N–H and O–H groups in total. The van der Waals surface area contributed by atoms with Crippen molar-refractivity contribution in [1.82, 2.24) is 0 Å². The molecule has 2 atom stereocenters. The van der Waals surface area contributed by atoms with Gasteiger partial charge in [-0.05, 0) is 25.7 Å².